The lowest BCUT2D eigenvalue weighted by atomic mass is 10.1. The zero-order valence-corrected chi connectivity index (χ0v) is 8.54. The molecule has 0 spiro atoms. The second-order valence-electron chi connectivity index (χ2n) is 3.80. The minimum atomic E-state index is -0.135. The number of aliphatic hydroxyl groups excluding tert-OH is 1. The number of morpholine rings is 1. The van der Waals surface area contributed by atoms with Gasteiger partial charge in [-0.1, -0.05) is 0 Å². The van der Waals surface area contributed by atoms with Crippen molar-refractivity contribution >= 4 is 0 Å². The second kappa shape index (κ2) is 6.35. The van der Waals surface area contributed by atoms with Crippen LogP contribution in [-0.4, -0.2) is 49.0 Å². The average molecular weight is 187 g/mol. The zero-order valence-electron chi connectivity index (χ0n) is 8.54. The molecule has 0 amide bonds. The Labute approximate surface area is 80.7 Å². The van der Waals surface area contributed by atoms with Gasteiger partial charge in [0, 0.05) is 13.1 Å². The van der Waals surface area contributed by atoms with Gasteiger partial charge >= 0.3 is 0 Å². The lowest BCUT2D eigenvalue weighted by Gasteiger charge is -2.26. The maximum absolute atomic E-state index is 9.06. The van der Waals surface area contributed by atoms with E-state index in [1.54, 1.807) is 0 Å². The zero-order chi connectivity index (χ0) is 9.52. The Morgan fingerprint density at radius 2 is 2.00 bits per heavy atom. The van der Waals surface area contributed by atoms with Crippen molar-refractivity contribution in [3.05, 3.63) is 0 Å². The van der Waals surface area contributed by atoms with Gasteiger partial charge in [-0.15, -0.1) is 0 Å². The van der Waals surface area contributed by atoms with Crippen LogP contribution in [0.1, 0.15) is 26.2 Å². The molecule has 1 rings (SSSR count). The van der Waals surface area contributed by atoms with Crippen molar-refractivity contribution in [2.45, 2.75) is 32.3 Å². The van der Waals surface area contributed by atoms with E-state index in [9.17, 15) is 0 Å². The van der Waals surface area contributed by atoms with Crippen LogP contribution in [0.15, 0.2) is 0 Å². The molecule has 0 aromatic carbocycles. The van der Waals surface area contributed by atoms with Crippen molar-refractivity contribution < 1.29 is 9.84 Å². The summed E-state index contributed by atoms with van der Waals surface area (Å²) in [5.74, 6) is 0. The van der Waals surface area contributed by atoms with Gasteiger partial charge in [-0.3, -0.25) is 4.90 Å². The van der Waals surface area contributed by atoms with Gasteiger partial charge in [0.1, 0.15) is 0 Å². The van der Waals surface area contributed by atoms with Gasteiger partial charge in [-0.2, -0.15) is 0 Å². The highest BCUT2D eigenvalue weighted by Crippen LogP contribution is 2.03. The lowest BCUT2D eigenvalue weighted by molar-refractivity contribution is 0.0367. The van der Waals surface area contributed by atoms with Gasteiger partial charge in [0.15, 0.2) is 0 Å². The van der Waals surface area contributed by atoms with Crippen LogP contribution in [-0.2, 0) is 4.74 Å². The first-order valence-corrected chi connectivity index (χ1v) is 5.27. The topological polar surface area (TPSA) is 32.7 Å². The monoisotopic (exact) mass is 187 g/mol. The third-order valence-corrected chi connectivity index (χ3v) is 2.45. The highest BCUT2D eigenvalue weighted by molar-refractivity contribution is 4.61. The van der Waals surface area contributed by atoms with E-state index in [1.165, 1.54) is 6.42 Å². The molecular formula is C10H21NO2. The minimum absolute atomic E-state index is 0.135. The predicted molar refractivity (Wildman–Crippen MR) is 52.8 cm³/mol. The van der Waals surface area contributed by atoms with E-state index < -0.39 is 0 Å². The summed E-state index contributed by atoms with van der Waals surface area (Å²) in [7, 11) is 0. The van der Waals surface area contributed by atoms with Crippen LogP contribution in [0.4, 0.5) is 0 Å². The Hall–Kier alpha value is -0.120. The van der Waals surface area contributed by atoms with Gasteiger partial charge in [0.2, 0.25) is 0 Å². The standard InChI is InChI=1S/C10H21NO2/c1-10(12)4-2-3-5-11-6-8-13-9-7-11/h10,12H,2-9H2,1H3/t10-/m0/s1. The normalized spacial score (nSPS) is 21.7. The summed E-state index contributed by atoms with van der Waals surface area (Å²) >= 11 is 0. The molecule has 78 valence electrons. The number of rotatable bonds is 5. The van der Waals surface area contributed by atoms with E-state index in [2.05, 4.69) is 4.90 Å². The van der Waals surface area contributed by atoms with Gasteiger partial charge in [0.05, 0.1) is 19.3 Å². The molecule has 0 aliphatic carbocycles. The highest BCUT2D eigenvalue weighted by Gasteiger charge is 2.09. The summed E-state index contributed by atoms with van der Waals surface area (Å²) in [5, 5.41) is 9.06. The predicted octanol–water partition coefficient (Wildman–Crippen LogP) is 0.870. The van der Waals surface area contributed by atoms with Crippen LogP contribution < -0.4 is 0 Å². The summed E-state index contributed by atoms with van der Waals surface area (Å²) in [6.45, 7) is 6.95. The van der Waals surface area contributed by atoms with E-state index in [4.69, 9.17) is 9.84 Å². The number of ether oxygens (including phenoxy) is 1. The van der Waals surface area contributed by atoms with Crippen LogP contribution in [0.5, 0.6) is 0 Å². The van der Waals surface area contributed by atoms with Gasteiger partial charge in [0.25, 0.3) is 0 Å². The highest BCUT2D eigenvalue weighted by atomic mass is 16.5. The molecule has 0 unspecified atom stereocenters. The van der Waals surface area contributed by atoms with Crippen molar-refractivity contribution in [1.82, 2.24) is 4.90 Å². The Morgan fingerprint density at radius 1 is 1.31 bits per heavy atom. The van der Waals surface area contributed by atoms with Crippen LogP contribution >= 0.6 is 0 Å². The average Bonchev–Trinajstić information content (AvgIpc) is 2.14. The van der Waals surface area contributed by atoms with Crippen molar-refractivity contribution in [1.29, 1.82) is 0 Å². The summed E-state index contributed by atoms with van der Waals surface area (Å²) in [6, 6.07) is 0. The van der Waals surface area contributed by atoms with Crippen LogP contribution in [0.2, 0.25) is 0 Å². The number of hydrogen-bond acceptors (Lipinski definition) is 3. The van der Waals surface area contributed by atoms with Gasteiger partial charge < -0.3 is 9.84 Å². The molecule has 3 nitrogen and oxygen atoms in total. The van der Waals surface area contributed by atoms with E-state index in [0.29, 0.717) is 0 Å². The molecule has 1 saturated heterocycles. The molecule has 1 fully saturated rings. The van der Waals surface area contributed by atoms with Crippen molar-refractivity contribution in [2.75, 3.05) is 32.8 Å². The molecule has 1 heterocycles. The fourth-order valence-electron chi connectivity index (χ4n) is 1.60. The first kappa shape index (κ1) is 11.0. The van der Waals surface area contributed by atoms with Crippen LogP contribution in [0, 0.1) is 0 Å². The largest absolute Gasteiger partial charge is 0.393 e. The molecule has 0 bridgehead atoms. The molecule has 0 saturated carbocycles. The third-order valence-electron chi connectivity index (χ3n) is 2.45. The van der Waals surface area contributed by atoms with Crippen LogP contribution in [0.25, 0.3) is 0 Å². The van der Waals surface area contributed by atoms with E-state index >= 15 is 0 Å². The van der Waals surface area contributed by atoms with Crippen molar-refractivity contribution in [3.63, 3.8) is 0 Å². The molecule has 13 heavy (non-hydrogen) atoms. The number of hydrogen-bond donors (Lipinski definition) is 1. The molecule has 1 aliphatic rings. The van der Waals surface area contributed by atoms with E-state index in [-0.39, 0.29) is 6.10 Å². The van der Waals surface area contributed by atoms with Crippen molar-refractivity contribution in [3.8, 4) is 0 Å². The molecule has 0 aromatic heterocycles. The molecule has 1 atom stereocenters. The quantitative estimate of drug-likeness (QED) is 0.648. The first-order chi connectivity index (χ1) is 6.29. The minimum Gasteiger partial charge on any atom is -0.393 e. The lowest BCUT2D eigenvalue weighted by Crippen LogP contribution is -2.36. The molecule has 1 N–H and O–H groups in total. The molecule has 0 radical (unpaired) electrons. The molecule has 3 heteroatoms. The number of nitrogens with zero attached hydrogens (tertiary/aromatic N) is 1. The number of unbranched alkanes of at least 4 members (excludes halogenated alkanes) is 1. The second-order valence-corrected chi connectivity index (χ2v) is 3.80. The smallest absolute Gasteiger partial charge is 0.0594 e. The maximum atomic E-state index is 9.06. The SMILES string of the molecule is C[C@H](O)CCCCN1CCOCC1. The van der Waals surface area contributed by atoms with E-state index in [0.717, 1.165) is 45.7 Å². The summed E-state index contributed by atoms with van der Waals surface area (Å²) < 4.78 is 5.26. The Balaban J connectivity index is 1.92. The fourth-order valence-corrected chi connectivity index (χ4v) is 1.60. The Kier molecular flexibility index (Phi) is 5.35. The van der Waals surface area contributed by atoms with E-state index in [1.807, 2.05) is 6.92 Å². The number of aliphatic hydroxyl groups is 1. The van der Waals surface area contributed by atoms with Crippen LogP contribution in [0.3, 0.4) is 0 Å². The van der Waals surface area contributed by atoms with Gasteiger partial charge in [-0.05, 0) is 32.7 Å². The fraction of sp³-hybridized carbons (Fsp3) is 1.00. The first-order valence-electron chi connectivity index (χ1n) is 5.27. The molecular weight excluding hydrogens is 166 g/mol. The molecule has 1 aliphatic heterocycles. The Morgan fingerprint density at radius 3 is 2.62 bits per heavy atom. The molecule has 0 aromatic rings. The summed E-state index contributed by atoms with van der Waals surface area (Å²) in [6.07, 6.45) is 3.13. The third kappa shape index (κ3) is 5.24. The van der Waals surface area contributed by atoms with Crippen molar-refractivity contribution in [2.24, 2.45) is 0 Å². The Bertz CT molecular complexity index is 122. The van der Waals surface area contributed by atoms with Gasteiger partial charge in [-0.25, -0.2) is 0 Å². The summed E-state index contributed by atoms with van der Waals surface area (Å²) in [5.41, 5.74) is 0. The maximum Gasteiger partial charge on any atom is 0.0594 e. The summed E-state index contributed by atoms with van der Waals surface area (Å²) in [4.78, 5) is 2.44.